The lowest BCUT2D eigenvalue weighted by molar-refractivity contribution is 0.410. The molecule has 1 aliphatic carbocycles. The Balaban J connectivity index is 2.02. The highest BCUT2D eigenvalue weighted by Gasteiger charge is 2.33. The second-order valence-electron chi connectivity index (χ2n) is 4.93. The van der Waals surface area contributed by atoms with Crippen LogP contribution in [-0.2, 0) is 15.5 Å². The number of nitrogens with zero attached hydrogens (tertiary/aromatic N) is 3. The molecule has 0 radical (unpaired) electrons. The third-order valence-electron chi connectivity index (χ3n) is 3.41. The van der Waals surface area contributed by atoms with Crippen LogP contribution in [0.25, 0.3) is 0 Å². The summed E-state index contributed by atoms with van der Waals surface area (Å²) < 4.78 is 30.1. The summed E-state index contributed by atoms with van der Waals surface area (Å²) in [5.74, 6) is 1.32. The number of para-hydroxylation sites is 1. The molecule has 0 amide bonds. The highest BCUT2D eigenvalue weighted by molar-refractivity contribution is 8.13. The van der Waals surface area contributed by atoms with Crippen LogP contribution in [0.2, 0.25) is 0 Å². The molecule has 1 fully saturated rings. The third-order valence-corrected chi connectivity index (χ3v) is 4.53. The fourth-order valence-electron chi connectivity index (χ4n) is 2.31. The number of hydrogen-bond donors (Lipinski definition) is 0. The van der Waals surface area contributed by atoms with Gasteiger partial charge in [-0.15, -0.1) is 10.2 Å². The van der Waals surface area contributed by atoms with Crippen molar-refractivity contribution in [1.29, 1.82) is 0 Å². The van der Waals surface area contributed by atoms with Gasteiger partial charge in [-0.3, -0.25) is 4.57 Å². The van der Waals surface area contributed by atoms with Crippen LogP contribution < -0.4 is 4.74 Å². The Labute approximate surface area is 127 Å². The van der Waals surface area contributed by atoms with E-state index in [2.05, 4.69) is 10.2 Å². The molecule has 112 valence electrons. The van der Waals surface area contributed by atoms with E-state index in [1.807, 2.05) is 24.3 Å². The van der Waals surface area contributed by atoms with Crippen molar-refractivity contribution in [2.24, 2.45) is 0 Å². The van der Waals surface area contributed by atoms with Crippen LogP contribution in [0.4, 0.5) is 0 Å². The maximum atomic E-state index is 11.6. The van der Waals surface area contributed by atoms with Crippen molar-refractivity contribution in [2.75, 3.05) is 7.11 Å². The second kappa shape index (κ2) is 5.31. The molecule has 2 aromatic rings. The first-order valence-corrected chi connectivity index (χ1v) is 8.82. The highest BCUT2D eigenvalue weighted by atomic mass is 35.7. The average Bonchev–Trinajstić information content (AvgIpc) is 3.19. The lowest BCUT2D eigenvalue weighted by Gasteiger charge is -2.10. The van der Waals surface area contributed by atoms with Crippen molar-refractivity contribution in [2.45, 2.75) is 30.5 Å². The van der Waals surface area contributed by atoms with E-state index < -0.39 is 9.05 Å². The van der Waals surface area contributed by atoms with Gasteiger partial charge in [0.25, 0.3) is 14.2 Å². The minimum atomic E-state index is -3.90. The number of rotatable bonds is 5. The number of ether oxygens (including phenoxy) is 1. The van der Waals surface area contributed by atoms with Gasteiger partial charge in [0.2, 0.25) is 0 Å². The van der Waals surface area contributed by atoms with E-state index in [4.69, 9.17) is 15.4 Å². The van der Waals surface area contributed by atoms with Crippen molar-refractivity contribution < 1.29 is 13.2 Å². The van der Waals surface area contributed by atoms with Gasteiger partial charge in [-0.1, -0.05) is 18.2 Å². The molecule has 0 bridgehead atoms. The fourth-order valence-corrected chi connectivity index (χ4v) is 3.26. The van der Waals surface area contributed by atoms with Crippen molar-refractivity contribution in [1.82, 2.24) is 14.8 Å². The Morgan fingerprint density at radius 3 is 2.67 bits per heavy atom. The molecule has 6 nitrogen and oxygen atoms in total. The molecule has 8 heteroatoms. The molecule has 21 heavy (non-hydrogen) atoms. The summed E-state index contributed by atoms with van der Waals surface area (Å²) in [4.78, 5) is 0. The van der Waals surface area contributed by atoms with Crippen LogP contribution in [0.5, 0.6) is 5.75 Å². The first-order valence-electron chi connectivity index (χ1n) is 6.51. The molecular formula is C13H14ClN3O3S. The highest BCUT2D eigenvalue weighted by Crippen LogP contribution is 2.38. The van der Waals surface area contributed by atoms with Gasteiger partial charge in [-0.25, -0.2) is 8.42 Å². The summed E-state index contributed by atoms with van der Waals surface area (Å²) in [6.07, 6.45) is 2.27. The molecule has 1 aromatic carbocycles. The van der Waals surface area contributed by atoms with Crippen LogP contribution in [-0.4, -0.2) is 30.3 Å². The normalized spacial score (nSPS) is 15.1. The zero-order valence-electron chi connectivity index (χ0n) is 11.4. The van der Waals surface area contributed by atoms with Gasteiger partial charge in [0.15, 0.2) is 0 Å². The second-order valence-corrected chi connectivity index (χ2v) is 7.39. The molecule has 3 rings (SSSR count). The zero-order chi connectivity index (χ0) is 15.0. The van der Waals surface area contributed by atoms with Crippen LogP contribution in [0.3, 0.4) is 0 Å². The molecule has 1 heterocycles. The van der Waals surface area contributed by atoms with E-state index in [1.54, 1.807) is 11.7 Å². The third kappa shape index (κ3) is 2.89. The van der Waals surface area contributed by atoms with E-state index in [0.717, 1.165) is 24.2 Å². The number of methoxy groups -OCH3 is 1. The number of hydrogen-bond acceptors (Lipinski definition) is 5. The van der Waals surface area contributed by atoms with Gasteiger partial charge in [0, 0.05) is 28.7 Å². The van der Waals surface area contributed by atoms with Gasteiger partial charge in [0.05, 0.1) is 7.11 Å². The first kappa shape index (κ1) is 14.3. The Kier molecular flexibility index (Phi) is 3.62. The van der Waals surface area contributed by atoms with Gasteiger partial charge >= 0.3 is 0 Å². The lowest BCUT2D eigenvalue weighted by atomic mass is 10.1. The molecule has 0 N–H and O–H groups in total. The number of halogens is 1. The summed E-state index contributed by atoms with van der Waals surface area (Å²) in [5, 5.41) is 7.59. The van der Waals surface area contributed by atoms with E-state index >= 15 is 0 Å². The predicted molar refractivity (Wildman–Crippen MR) is 77.1 cm³/mol. The van der Waals surface area contributed by atoms with Gasteiger partial charge in [-0.05, 0) is 18.9 Å². The van der Waals surface area contributed by atoms with Crippen molar-refractivity contribution in [3.05, 3.63) is 35.7 Å². The van der Waals surface area contributed by atoms with Crippen molar-refractivity contribution in [3.8, 4) is 5.75 Å². The van der Waals surface area contributed by atoms with Crippen LogP contribution >= 0.6 is 10.7 Å². The summed E-state index contributed by atoms with van der Waals surface area (Å²) in [6.45, 7) is 0. The Morgan fingerprint density at radius 1 is 1.33 bits per heavy atom. The topological polar surface area (TPSA) is 74.1 Å². The molecule has 0 atom stereocenters. The standard InChI is InChI=1S/C13H14ClN3O3S/c1-20-11-5-3-2-4-9(11)8-12-15-16-13(21(14,18)19)17(12)10-6-7-10/h2-5,10H,6-8H2,1H3. The SMILES string of the molecule is COc1ccccc1Cc1nnc(S(=O)(=O)Cl)n1C1CC1. The maximum absolute atomic E-state index is 11.6. The van der Waals surface area contributed by atoms with Crippen LogP contribution in [0.15, 0.2) is 29.4 Å². The molecule has 1 aliphatic rings. The minimum Gasteiger partial charge on any atom is -0.496 e. The summed E-state index contributed by atoms with van der Waals surface area (Å²) in [7, 11) is 3.14. The minimum absolute atomic E-state index is 0.119. The maximum Gasteiger partial charge on any atom is 0.296 e. The van der Waals surface area contributed by atoms with Gasteiger partial charge < -0.3 is 4.74 Å². The Hall–Kier alpha value is -1.60. The summed E-state index contributed by atoms with van der Waals surface area (Å²) in [5.41, 5.74) is 0.924. The average molecular weight is 328 g/mol. The molecule has 0 spiro atoms. The van der Waals surface area contributed by atoms with Gasteiger partial charge in [-0.2, -0.15) is 0 Å². The largest absolute Gasteiger partial charge is 0.496 e. The molecule has 0 unspecified atom stereocenters. The van der Waals surface area contributed by atoms with E-state index in [-0.39, 0.29) is 11.2 Å². The van der Waals surface area contributed by atoms with Crippen molar-refractivity contribution in [3.63, 3.8) is 0 Å². The lowest BCUT2D eigenvalue weighted by Crippen LogP contribution is -2.09. The number of aromatic nitrogens is 3. The molecule has 0 saturated heterocycles. The zero-order valence-corrected chi connectivity index (χ0v) is 12.9. The molecule has 1 saturated carbocycles. The molecule has 1 aromatic heterocycles. The van der Waals surface area contributed by atoms with Crippen molar-refractivity contribution >= 4 is 19.7 Å². The smallest absolute Gasteiger partial charge is 0.296 e. The quantitative estimate of drug-likeness (QED) is 0.787. The first-order chi connectivity index (χ1) is 10.0. The Bertz CT molecular complexity index is 769. The number of benzene rings is 1. The van der Waals surface area contributed by atoms with Crippen LogP contribution in [0.1, 0.15) is 30.3 Å². The monoisotopic (exact) mass is 327 g/mol. The van der Waals surface area contributed by atoms with E-state index in [1.165, 1.54) is 0 Å². The summed E-state index contributed by atoms with van der Waals surface area (Å²) in [6, 6.07) is 7.66. The molecular weight excluding hydrogens is 314 g/mol. The summed E-state index contributed by atoms with van der Waals surface area (Å²) >= 11 is 0. The van der Waals surface area contributed by atoms with Gasteiger partial charge in [0.1, 0.15) is 11.6 Å². The predicted octanol–water partition coefficient (Wildman–Crippen LogP) is 2.14. The molecule has 0 aliphatic heterocycles. The van der Waals surface area contributed by atoms with E-state index in [9.17, 15) is 8.42 Å². The fraction of sp³-hybridized carbons (Fsp3) is 0.385. The Morgan fingerprint density at radius 2 is 2.05 bits per heavy atom. The van der Waals surface area contributed by atoms with E-state index in [0.29, 0.717) is 12.2 Å². The van der Waals surface area contributed by atoms with Crippen LogP contribution in [0, 0.1) is 0 Å².